The van der Waals surface area contributed by atoms with Crippen molar-refractivity contribution in [2.75, 3.05) is 12.5 Å². The predicted molar refractivity (Wildman–Crippen MR) is 71.8 cm³/mol. The Labute approximate surface area is 102 Å². The summed E-state index contributed by atoms with van der Waals surface area (Å²) >= 11 is 3.39. The molecule has 2 nitrogen and oxygen atoms in total. The molecule has 0 aliphatic heterocycles. The van der Waals surface area contributed by atoms with Crippen molar-refractivity contribution in [1.82, 2.24) is 4.98 Å². The first kappa shape index (κ1) is 12.8. The third kappa shape index (κ3) is 3.11. The van der Waals surface area contributed by atoms with Gasteiger partial charge >= 0.3 is 0 Å². The van der Waals surface area contributed by atoms with E-state index in [2.05, 4.69) is 54.2 Å². The quantitative estimate of drug-likeness (QED) is 0.769. The van der Waals surface area contributed by atoms with Crippen molar-refractivity contribution in [2.45, 2.75) is 25.5 Å². The Hall–Kier alpha value is -0.220. The predicted octanol–water partition coefficient (Wildman–Crippen LogP) is 4.00. The Morgan fingerprint density at radius 1 is 1.33 bits per heavy atom. The van der Waals surface area contributed by atoms with E-state index in [0.717, 1.165) is 10.4 Å². The van der Waals surface area contributed by atoms with Crippen LogP contribution in [-0.4, -0.2) is 22.2 Å². The van der Waals surface area contributed by atoms with Gasteiger partial charge in [0.05, 0.1) is 0 Å². The second kappa shape index (κ2) is 4.34. The van der Waals surface area contributed by atoms with Crippen LogP contribution in [0.25, 0.3) is 0 Å². The number of halogens is 1. The van der Waals surface area contributed by atoms with E-state index in [-0.39, 0.29) is 4.75 Å². The average Bonchev–Trinajstić information content (AvgIpc) is 2.06. The van der Waals surface area contributed by atoms with Crippen molar-refractivity contribution in [3.05, 3.63) is 22.9 Å². The molecule has 0 radical (unpaired) electrons. The minimum absolute atomic E-state index is 0.155. The molecule has 0 atom stereocenters. The number of nitrogens with zero attached hydrogens (tertiary/aromatic N) is 1. The molecule has 0 unspecified atom stereocenters. The summed E-state index contributed by atoms with van der Waals surface area (Å²) < 4.78 is 7.00. The van der Waals surface area contributed by atoms with E-state index in [1.165, 1.54) is 0 Å². The highest BCUT2D eigenvalue weighted by Crippen LogP contribution is 2.54. The van der Waals surface area contributed by atoms with Gasteiger partial charge in [-0.25, -0.2) is 4.98 Å². The molecule has 1 aromatic heterocycles. The molecule has 1 heterocycles. The number of hydrogen-bond acceptors (Lipinski definition) is 2. The fraction of sp³-hybridized carbons (Fsp3) is 0.545. The van der Waals surface area contributed by atoms with Crippen LogP contribution in [0.15, 0.2) is 22.9 Å². The maximum absolute atomic E-state index is 6.07. The van der Waals surface area contributed by atoms with E-state index >= 15 is 0 Å². The fourth-order valence-corrected chi connectivity index (χ4v) is 2.05. The molecule has 0 N–H and O–H groups in total. The maximum atomic E-state index is 6.07. The van der Waals surface area contributed by atoms with Crippen LogP contribution in [0.1, 0.15) is 20.8 Å². The van der Waals surface area contributed by atoms with Crippen LogP contribution in [0.2, 0.25) is 0 Å². The SMILES string of the molecule is CC(C)(C)S(C)(C)Oc1cccnc1Br. The summed E-state index contributed by atoms with van der Waals surface area (Å²) in [5, 5.41) is 0. The lowest BCUT2D eigenvalue weighted by atomic mass is 10.3. The first-order valence-electron chi connectivity index (χ1n) is 4.77. The van der Waals surface area contributed by atoms with Gasteiger partial charge in [0.2, 0.25) is 0 Å². The summed E-state index contributed by atoms with van der Waals surface area (Å²) in [7, 11) is -1.14. The van der Waals surface area contributed by atoms with Gasteiger partial charge in [-0.2, -0.15) is 0 Å². The molecule has 4 heteroatoms. The Balaban J connectivity index is 2.92. The van der Waals surface area contributed by atoms with Gasteiger partial charge in [0.25, 0.3) is 0 Å². The minimum atomic E-state index is -1.14. The first-order chi connectivity index (χ1) is 6.74. The van der Waals surface area contributed by atoms with Crippen LogP contribution < -0.4 is 4.18 Å². The van der Waals surface area contributed by atoms with Gasteiger partial charge in [-0.15, -0.1) is 0 Å². The molecule has 0 aliphatic carbocycles. The van der Waals surface area contributed by atoms with E-state index in [4.69, 9.17) is 4.18 Å². The van der Waals surface area contributed by atoms with Crippen molar-refractivity contribution >= 4 is 26.2 Å². The lowest BCUT2D eigenvalue weighted by molar-refractivity contribution is 0.580. The molecule has 86 valence electrons. The topological polar surface area (TPSA) is 22.1 Å². The van der Waals surface area contributed by atoms with Gasteiger partial charge in [-0.3, -0.25) is 0 Å². The molecule has 0 saturated heterocycles. The van der Waals surface area contributed by atoms with Crippen LogP contribution in [0, 0.1) is 0 Å². The molecule has 1 aromatic rings. The summed E-state index contributed by atoms with van der Waals surface area (Å²) in [6.45, 7) is 6.60. The van der Waals surface area contributed by atoms with Crippen LogP contribution in [-0.2, 0) is 0 Å². The summed E-state index contributed by atoms with van der Waals surface area (Å²) in [4.78, 5) is 4.15. The van der Waals surface area contributed by atoms with Crippen molar-refractivity contribution < 1.29 is 4.18 Å². The van der Waals surface area contributed by atoms with Crippen molar-refractivity contribution in [2.24, 2.45) is 0 Å². The first-order valence-corrected chi connectivity index (χ1v) is 7.94. The van der Waals surface area contributed by atoms with Crippen molar-refractivity contribution in [1.29, 1.82) is 0 Å². The second-order valence-electron chi connectivity index (χ2n) is 4.72. The molecular weight excluding hydrogens is 274 g/mol. The third-order valence-corrected chi connectivity index (χ3v) is 6.64. The van der Waals surface area contributed by atoms with Crippen molar-refractivity contribution in [3.63, 3.8) is 0 Å². The highest BCUT2D eigenvalue weighted by molar-refractivity contribution is 9.10. The zero-order chi connectivity index (χ0) is 11.7. The molecule has 0 amide bonds. The molecular formula is C11H18BrNOS. The number of rotatable bonds is 2. The maximum Gasteiger partial charge on any atom is 0.167 e. The van der Waals surface area contributed by atoms with E-state index in [9.17, 15) is 0 Å². The van der Waals surface area contributed by atoms with Gasteiger partial charge in [-0.05, 0) is 61.3 Å². The standard InChI is InChI=1S/C11H18BrNOS/c1-11(2,3)15(4,5)14-9-7-6-8-13-10(9)12/h6-8H,1-5H3. The molecule has 0 aromatic carbocycles. The van der Waals surface area contributed by atoms with E-state index in [0.29, 0.717) is 0 Å². The zero-order valence-electron chi connectivity index (χ0n) is 9.87. The van der Waals surface area contributed by atoms with E-state index < -0.39 is 10.3 Å². The Morgan fingerprint density at radius 3 is 2.40 bits per heavy atom. The molecule has 0 bridgehead atoms. The Bertz CT molecular complexity index is 347. The zero-order valence-corrected chi connectivity index (χ0v) is 12.3. The monoisotopic (exact) mass is 291 g/mol. The molecule has 0 fully saturated rings. The Morgan fingerprint density at radius 2 is 1.93 bits per heavy atom. The van der Waals surface area contributed by atoms with Gasteiger partial charge in [0, 0.05) is 10.9 Å². The molecule has 15 heavy (non-hydrogen) atoms. The van der Waals surface area contributed by atoms with Gasteiger partial charge < -0.3 is 4.18 Å². The summed E-state index contributed by atoms with van der Waals surface area (Å²) in [5.41, 5.74) is 0. The average molecular weight is 292 g/mol. The fourth-order valence-electron chi connectivity index (χ4n) is 0.783. The molecule has 1 rings (SSSR count). The normalized spacial score (nSPS) is 13.7. The van der Waals surface area contributed by atoms with Crippen LogP contribution in [0.4, 0.5) is 0 Å². The second-order valence-corrected chi connectivity index (χ2v) is 9.33. The van der Waals surface area contributed by atoms with Gasteiger partial charge in [0.15, 0.2) is 5.75 Å². The summed E-state index contributed by atoms with van der Waals surface area (Å²) in [5.74, 6) is 0.826. The van der Waals surface area contributed by atoms with Crippen LogP contribution in [0.3, 0.4) is 0 Å². The van der Waals surface area contributed by atoms with Gasteiger partial charge in [-0.1, -0.05) is 10.3 Å². The van der Waals surface area contributed by atoms with E-state index in [1.54, 1.807) is 6.20 Å². The molecule has 0 spiro atoms. The van der Waals surface area contributed by atoms with Crippen LogP contribution >= 0.6 is 26.2 Å². The van der Waals surface area contributed by atoms with Crippen LogP contribution in [0.5, 0.6) is 5.75 Å². The number of aromatic nitrogens is 1. The lowest BCUT2D eigenvalue weighted by Gasteiger charge is -2.43. The molecule has 0 saturated carbocycles. The lowest BCUT2D eigenvalue weighted by Crippen LogP contribution is -2.27. The number of pyridine rings is 1. The van der Waals surface area contributed by atoms with E-state index in [1.807, 2.05) is 12.1 Å². The smallest absolute Gasteiger partial charge is 0.167 e. The largest absolute Gasteiger partial charge is 0.446 e. The summed E-state index contributed by atoms with van der Waals surface area (Å²) in [6, 6.07) is 3.83. The van der Waals surface area contributed by atoms with Crippen molar-refractivity contribution in [3.8, 4) is 5.75 Å². The number of hydrogen-bond donors (Lipinski definition) is 0. The minimum Gasteiger partial charge on any atom is -0.446 e. The highest BCUT2D eigenvalue weighted by Gasteiger charge is 2.30. The summed E-state index contributed by atoms with van der Waals surface area (Å²) in [6.07, 6.45) is 6.09. The van der Waals surface area contributed by atoms with Gasteiger partial charge in [0.1, 0.15) is 4.60 Å². The Kier molecular flexibility index (Phi) is 3.71. The third-order valence-electron chi connectivity index (χ3n) is 2.50. The molecule has 0 aliphatic rings. The highest BCUT2D eigenvalue weighted by atomic mass is 79.9.